The first-order valence-electron chi connectivity index (χ1n) is 9.48. The van der Waals surface area contributed by atoms with E-state index in [-0.39, 0.29) is 0 Å². The maximum absolute atomic E-state index is 5.33. The van der Waals surface area contributed by atoms with Gasteiger partial charge in [0, 0.05) is 41.8 Å². The van der Waals surface area contributed by atoms with Gasteiger partial charge in [-0.05, 0) is 50.8 Å². The molecule has 0 aliphatic carbocycles. The molecule has 0 amide bonds. The SMILES string of the molecule is COc1ccc([C@@H]2CN(c3cc(C)nc4ccccc34)C[C@H]2N(C)C)cc1. The number of benzene rings is 2. The van der Waals surface area contributed by atoms with E-state index in [1.165, 1.54) is 16.6 Å². The molecule has 0 unspecified atom stereocenters. The van der Waals surface area contributed by atoms with Crippen LogP contribution in [0.5, 0.6) is 5.75 Å². The van der Waals surface area contributed by atoms with Gasteiger partial charge in [0.2, 0.25) is 0 Å². The second-order valence-electron chi connectivity index (χ2n) is 7.62. The number of aromatic nitrogens is 1. The molecule has 27 heavy (non-hydrogen) atoms. The van der Waals surface area contributed by atoms with Gasteiger partial charge in [0.05, 0.1) is 12.6 Å². The van der Waals surface area contributed by atoms with Gasteiger partial charge in [-0.15, -0.1) is 0 Å². The summed E-state index contributed by atoms with van der Waals surface area (Å²) >= 11 is 0. The molecule has 1 fully saturated rings. The molecule has 140 valence electrons. The number of para-hydroxylation sites is 1. The quantitative estimate of drug-likeness (QED) is 0.700. The number of anilines is 1. The maximum Gasteiger partial charge on any atom is 0.118 e. The van der Waals surface area contributed by atoms with E-state index in [0.717, 1.165) is 30.0 Å². The number of ether oxygens (including phenoxy) is 1. The topological polar surface area (TPSA) is 28.6 Å². The van der Waals surface area contributed by atoms with Crippen molar-refractivity contribution in [1.82, 2.24) is 9.88 Å². The van der Waals surface area contributed by atoms with Crippen LogP contribution in [0.25, 0.3) is 10.9 Å². The summed E-state index contributed by atoms with van der Waals surface area (Å²) in [6, 6.07) is 19.7. The van der Waals surface area contributed by atoms with Crippen LogP contribution in [0.1, 0.15) is 17.2 Å². The molecule has 4 heteroatoms. The number of methoxy groups -OCH3 is 1. The van der Waals surface area contributed by atoms with Crippen molar-refractivity contribution in [2.75, 3.05) is 39.2 Å². The van der Waals surface area contributed by atoms with E-state index in [2.05, 4.69) is 85.4 Å². The molecule has 0 bridgehead atoms. The monoisotopic (exact) mass is 361 g/mol. The van der Waals surface area contributed by atoms with Gasteiger partial charge in [-0.25, -0.2) is 0 Å². The number of hydrogen-bond donors (Lipinski definition) is 0. The lowest BCUT2D eigenvalue weighted by Gasteiger charge is -2.25. The molecule has 2 aromatic carbocycles. The van der Waals surface area contributed by atoms with Crippen LogP contribution in [-0.2, 0) is 0 Å². The van der Waals surface area contributed by atoms with Crippen LogP contribution >= 0.6 is 0 Å². The van der Waals surface area contributed by atoms with Gasteiger partial charge in [-0.1, -0.05) is 30.3 Å². The van der Waals surface area contributed by atoms with Gasteiger partial charge in [0.15, 0.2) is 0 Å². The first kappa shape index (κ1) is 17.8. The summed E-state index contributed by atoms with van der Waals surface area (Å²) in [5, 5.41) is 1.23. The fourth-order valence-electron chi connectivity index (χ4n) is 4.23. The second kappa shape index (κ2) is 7.20. The van der Waals surface area contributed by atoms with Crippen molar-refractivity contribution in [2.24, 2.45) is 0 Å². The Labute approximate surface area is 161 Å². The summed E-state index contributed by atoms with van der Waals surface area (Å²) in [6.45, 7) is 4.09. The van der Waals surface area contributed by atoms with Crippen molar-refractivity contribution in [3.63, 3.8) is 0 Å². The lowest BCUT2D eigenvalue weighted by atomic mass is 9.93. The summed E-state index contributed by atoms with van der Waals surface area (Å²) < 4.78 is 5.33. The minimum absolute atomic E-state index is 0.457. The fourth-order valence-corrected chi connectivity index (χ4v) is 4.23. The number of fused-ring (bicyclic) bond motifs is 1. The van der Waals surface area contributed by atoms with Gasteiger partial charge in [-0.3, -0.25) is 4.98 Å². The highest BCUT2D eigenvalue weighted by Gasteiger charge is 2.36. The average Bonchev–Trinajstić information content (AvgIpc) is 3.13. The molecule has 1 saturated heterocycles. The van der Waals surface area contributed by atoms with Crippen molar-refractivity contribution in [1.29, 1.82) is 0 Å². The predicted octanol–water partition coefficient (Wildman–Crippen LogP) is 4.09. The van der Waals surface area contributed by atoms with Crippen LogP contribution in [-0.4, -0.2) is 50.2 Å². The number of likely N-dealkylation sites (N-methyl/N-ethyl adjacent to an activating group) is 1. The first-order valence-corrected chi connectivity index (χ1v) is 9.48. The molecule has 2 atom stereocenters. The van der Waals surface area contributed by atoms with E-state index in [1.54, 1.807) is 7.11 Å². The first-order chi connectivity index (χ1) is 13.1. The normalized spacial score (nSPS) is 19.8. The Balaban J connectivity index is 1.71. The van der Waals surface area contributed by atoms with Crippen LogP contribution in [0, 0.1) is 6.92 Å². The third-order valence-corrected chi connectivity index (χ3v) is 5.66. The van der Waals surface area contributed by atoms with E-state index < -0.39 is 0 Å². The van der Waals surface area contributed by atoms with Gasteiger partial charge in [0.1, 0.15) is 5.75 Å². The molecule has 0 spiro atoms. The van der Waals surface area contributed by atoms with E-state index in [0.29, 0.717) is 12.0 Å². The Bertz CT molecular complexity index is 936. The van der Waals surface area contributed by atoms with Crippen LogP contribution in [0.2, 0.25) is 0 Å². The predicted molar refractivity (Wildman–Crippen MR) is 112 cm³/mol. The zero-order valence-corrected chi connectivity index (χ0v) is 16.5. The largest absolute Gasteiger partial charge is 0.497 e. The van der Waals surface area contributed by atoms with E-state index in [4.69, 9.17) is 9.72 Å². The van der Waals surface area contributed by atoms with Crippen LogP contribution in [0.15, 0.2) is 54.6 Å². The van der Waals surface area contributed by atoms with E-state index in [9.17, 15) is 0 Å². The van der Waals surface area contributed by atoms with Crippen molar-refractivity contribution in [3.05, 3.63) is 65.9 Å². The molecule has 0 N–H and O–H groups in total. The van der Waals surface area contributed by atoms with Gasteiger partial charge in [-0.2, -0.15) is 0 Å². The minimum atomic E-state index is 0.457. The Morgan fingerprint density at radius 2 is 1.78 bits per heavy atom. The summed E-state index contributed by atoms with van der Waals surface area (Å²) in [4.78, 5) is 9.58. The lowest BCUT2D eigenvalue weighted by molar-refractivity contribution is 0.292. The molecule has 1 aliphatic heterocycles. The number of rotatable bonds is 4. The standard InChI is InChI=1S/C23H27N3O/c1-16-13-22(19-7-5-6-8-21(19)24-16)26-14-20(23(15-26)25(2)3)17-9-11-18(27-4)12-10-17/h5-13,20,23H,14-15H2,1-4H3/t20-,23+/m0/s1. The summed E-state index contributed by atoms with van der Waals surface area (Å²) in [6.07, 6.45) is 0. The fraction of sp³-hybridized carbons (Fsp3) is 0.348. The molecule has 3 aromatic rings. The Kier molecular flexibility index (Phi) is 4.75. The molecule has 4 rings (SSSR count). The molecule has 1 aromatic heterocycles. The van der Waals surface area contributed by atoms with Crippen LogP contribution < -0.4 is 9.64 Å². The van der Waals surface area contributed by atoms with Crippen LogP contribution in [0.3, 0.4) is 0 Å². The van der Waals surface area contributed by atoms with Crippen molar-refractivity contribution in [3.8, 4) is 5.75 Å². The number of nitrogens with zero attached hydrogens (tertiary/aromatic N) is 3. The number of hydrogen-bond acceptors (Lipinski definition) is 4. The van der Waals surface area contributed by atoms with Crippen molar-refractivity contribution < 1.29 is 4.74 Å². The van der Waals surface area contributed by atoms with Gasteiger partial charge in [0.25, 0.3) is 0 Å². The Hall–Kier alpha value is -2.59. The third kappa shape index (κ3) is 3.37. The summed E-state index contributed by atoms with van der Waals surface area (Å²) in [5.41, 5.74) is 4.80. The zero-order valence-electron chi connectivity index (χ0n) is 16.5. The van der Waals surface area contributed by atoms with E-state index >= 15 is 0 Å². The third-order valence-electron chi connectivity index (χ3n) is 5.66. The van der Waals surface area contributed by atoms with Crippen molar-refractivity contribution in [2.45, 2.75) is 18.9 Å². The lowest BCUT2D eigenvalue weighted by Crippen LogP contribution is -2.34. The minimum Gasteiger partial charge on any atom is -0.497 e. The second-order valence-corrected chi connectivity index (χ2v) is 7.62. The average molecular weight is 361 g/mol. The summed E-state index contributed by atoms with van der Waals surface area (Å²) in [5.74, 6) is 1.36. The highest BCUT2D eigenvalue weighted by molar-refractivity contribution is 5.92. The maximum atomic E-state index is 5.33. The molecular weight excluding hydrogens is 334 g/mol. The Morgan fingerprint density at radius 3 is 2.48 bits per heavy atom. The highest BCUT2D eigenvalue weighted by Crippen LogP contribution is 2.36. The number of aryl methyl sites for hydroxylation is 1. The zero-order chi connectivity index (χ0) is 19.0. The van der Waals surface area contributed by atoms with Gasteiger partial charge >= 0.3 is 0 Å². The molecular formula is C23H27N3O. The Morgan fingerprint density at radius 1 is 1.04 bits per heavy atom. The molecule has 0 saturated carbocycles. The number of pyridine rings is 1. The molecule has 0 radical (unpaired) electrons. The van der Waals surface area contributed by atoms with E-state index in [1.807, 2.05) is 0 Å². The molecule has 1 aliphatic rings. The molecule has 4 nitrogen and oxygen atoms in total. The van der Waals surface area contributed by atoms with Gasteiger partial charge < -0.3 is 14.5 Å². The smallest absolute Gasteiger partial charge is 0.118 e. The van der Waals surface area contributed by atoms with Crippen LogP contribution in [0.4, 0.5) is 5.69 Å². The highest BCUT2D eigenvalue weighted by atomic mass is 16.5. The van der Waals surface area contributed by atoms with Crippen molar-refractivity contribution >= 4 is 16.6 Å². The summed E-state index contributed by atoms with van der Waals surface area (Å²) in [7, 11) is 6.08. The molecule has 2 heterocycles.